The van der Waals surface area contributed by atoms with Gasteiger partial charge in [0.2, 0.25) is 0 Å². The lowest BCUT2D eigenvalue weighted by Crippen LogP contribution is -2.45. The van der Waals surface area contributed by atoms with E-state index >= 15 is 0 Å². The first-order chi connectivity index (χ1) is 14.6. The number of hydrogen-bond acceptors (Lipinski definition) is 3. The fourth-order valence-corrected chi connectivity index (χ4v) is 4.29. The number of H-pyrrole nitrogens is 1. The molecule has 0 bridgehead atoms. The number of hydrogen-bond donors (Lipinski definition) is 3. The predicted molar refractivity (Wildman–Crippen MR) is 122 cm³/mol. The molecule has 4 rings (SSSR count). The van der Waals surface area contributed by atoms with E-state index in [1.807, 2.05) is 18.5 Å². The number of benzene rings is 1. The third kappa shape index (κ3) is 4.66. The standard InChI is InChI=1S/C23H33N7/c1-16-19(20-11-7-8-12-21(20)26-16)13-14-24-23(27-18-9-5-4-6-10-18)25-15-22-29-28-17(2)30(22)3/h7-8,11-12,18,26H,4-6,9-10,13-15H2,1-3H3,(H2,24,25,27). The van der Waals surface area contributed by atoms with Gasteiger partial charge in [0.25, 0.3) is 0 Å². The van der Waals surface area contributed by atoms with Crippen LogP contribution in [-0.4, -0.2) is 38.3 Å². The first-order valence-electron chi connectivity index (χ1n) is 11.1. The van der Waals surface area contributed by atoms with Crippen molar-refractivity contribution in [3.05, 3.63) is 47.2 Å². The van der Waals surface area contributed by atoms with E-state index in [1.54, 1.807) is 0 Å². The molecule has 30 heavy (non-hydrogen) atoms. The molecular weight excluding hydrogens is 374 g/mol. The summed E-state index contributed by atoms with van der Waals surface area (Å²) in [6, 6.07) is 9.01. The fourth-order valence-electron chi connectivity index (χ4n) is 4.29. The minimum atomic E-state index is 0.501. The molecule has 1 aliphatic carbocycles. The molecule has 0 aliphatic heterocycles. The van der Waals surface area contributed by atoms with E-state index in [2.05, 4.69) is 57.0 Å². The highest BCUT2D eigenvalue weighted by Gasteiger charge is 2.15. The fraction of sp³-hybridized carbons (Fsp3) is 0.522. The molecule has 1 saturated carbocycles. The maximum Gasteiger partial charge on any atom is 0.191 e. The van der Waals surface area contributed by atoms with Crippen LogP contribution in [0.25, 0.3) is 10.9 Å². The molecule has 2 heterocycles. The second kappa shape index (κ2) is 9.32. The van der Waals surface area contributed by atoms with Gasteiger partial charge < -0.3 is 20.2 Å². The Morgan fingerprint density at radius 1 is 1.17 bits per heavy atom. The summed E-state index contributed by atoms with van der Waals surface area (Å²) in [7, 11) is 1.99. The zero-order chi connectivity index (χ0) is 20.9. The van der Waals surface area contributed by atoms with Crippen molar-refractivity contribution in [2.45, 2.75) is 65.0 Å². The maximum atomic E-state index is 4.83. The molecule has 160 valence electrons. The lowest BCUT2D eigenvalue weighted by atomic mass is 9.96. The monoisotopic (exact) mass is 407 g/mol. The number of fused-ring (bicyclic) bond motifs is 1. The molecule has 7 heteroatoms. The Morgan fingerprint density at radius 2 is 1.97 bits per heavy atom. The summed E-state index contributed by atoms with van der Waals surface area (Å²) in [5.74, 6) is 2.66. The van der Waals surface area contributed by atoms with E-state index in [0.29, 0.717) is 12.6 Å². The number of aliphatic imine (C=N–C) groups is 1. The van der Waals surface area contributed by atoms with Gasteiger partial charge in [-0.05, 0) is 44.7 Å². The number of aryl methyl sites for hydroxylation is 2. The first kappa shape index (κ1) is 20.4. The molecule has 1 fully saturated rings. The Labute approximate surface area is 178 Å². The van der Waals surface area contributed by atoms with Gasteiger partial charge in [0, 0.05) is 36.2 Å². The number of aromatic nitrogens is 4. The average Bonchev–Trinajstić information content (AvgIpc) is 3.25. The average molecular weight is 408 g/mol. The molecule has 0 atom stereocenters. The number of rotatable bonds is 6. The van der Waals surface area contributed by atoms with Crippen LogP contribution in [0.15, 0.2) is 29.3 Å². The van der Waals surface area contributed by atoms with E-state index in [9.17, 15) is 0 Å². The van der Waals surface area contributed by atoms with Gasteiger partial charge in [0.15, 0.2) is 11.8 Å². The van der Waals surface area contributed by atoms with Crippen LogP contribution in [0.1, 0.15) is 55.0 Å². The highest BCUT2D eigenvalue weighted by atomic mass is 15.3. The summed E-state index contributed by atoms with van der Waals surface area (Å²) in [5.41, 5.74) is 3.82. The van der Waals surface area contributed by atoms with Gasteiger partial charge >= 0.3 is 0 Å². The van der Waals surface area contributed by atoms with Gasteiger partial charge in [0.1, 0.15) is 12.4 Å². The summed E-state index contributed by atoms with van der Waals surface area (Å²) >= 11 is 0. The molecule has 3 aromatic rings. The highest BCUT2D eigenvalue weighted by Crippen LogP contribution is 2.22. The van der Waals surface area contributed by atoms with Gasteiger partial charge in [-0.25, -0.2) is 4.99 Å². The van der Waals surface area contributed by atoms with Crippen LogP contribution in [0.2, 0.25) is 0 Å². The van der Waals surface area contributed by atoms with E-state index < -0.39 is 0 Å². The van der Waals surface area contributed by atoms with Crippen LogP contribution < -0.4 is 10.6 Å². The smallest absolute Gasteiger partial charge is 0.191 e. The van der Waals surface area contributed by atoms with E-state index in [4.69, 9.17) is 4.99 Å². The van der Waals surface area contributed by atoms with Crippen molar-refractivity contribution in [2.75, 3.05) is 6.54 Å². The molecular formula is C23H33N7. The largest absolute Gasteiger partial charge is 0.358 e. The Kier molecular flexibility index (Phi) is 6.35. The Bertz CT molecular complexity index is 1010. The molecule has 0 radical (unpaired) electrons. The van der Waals surface area contributed by atoms with E-state index in [-0.39, 0.29) is 0 Å². The van der Waals surface area contributed by atoms with Gasteiger partial charge in [0.05, 0.1) is 0 Å². The van der Waals surface area contributed by atoms with Crippen molar-refractivity contribution >= 4 is 16.9 Å². The van der Waals surface area contributed by atoms with Crippen molar-refractivity contribution in [1.29, 1.82) is 0 Å². The van der Waals surface area contributed by atoms with Gasteiger partial charge in [-0.15, -0.1) is 10.2 Å². The summed E-state index contributed by atoms with van der Waals surface area (Å²) < 4.78 is 2.00. The minimum absolute atomic E-state index is 0.501. The van der Waals surface area contributed by atoms with Crippen LogP contribution in [-0.2, 0) is 20.0 Å². The number of para-hydroxylation sites is 1. The molecule has 0 saturated heterocycles. The van der Waals surface area contributed by atoms with Crippen LogP contribution in [0.5, 0.6) is 0 Å². The second-order valence-electron chi connectivity index (χ2n) is 8.32. The molecule has 1 aromatic carbocycles. The third-order valence-electron chi connectivity index (χ3n) is 6.20. The van der Waals surface area contributed by atoms with Crippen LogP contribution in [0, 0.1) is 13.8 Å². The van der Waals surface area contributed by atoms with Crippen molar-refractivity contribution in [3.63, 3.8) is 0 Å². The van der Waals surface area contributed by atoms with Crippen molar-refractivity contribution in [2.24, 2.45) is 12.0 Å². The number of nitrogens with one attached hydrogen (secondary N) is 3. The molecule has 0 unspecified atom stereocenters. The number of nitrogens with zero attached hydrogens (tertiary/aromatic N) is 4. The highest BCUT2D eigenvalue weighted by molar-refractivity contribution is 5.85. The minimum Gasteiger partial charge on any atom is -0.358 e. The summed E-state index contributed by atoms with van der Waals surface area (Å²) in [6.45, 7) is 5.47. The summed E-state index contributed by atoms with van der Waals surface area (Å²) in [6.07, 6.45) is 7.31. The van der Waals surface area contributed by atoms with Gasteiger partial charge in [-0.1, -0.05) is 37.5 Å². The lowest BCUT2D eigenvalue weighted by Gasteiger charge is -2.25. The normalized spacial score (nSPS) is 15.6. The SMILES string of the molecule is Cc1[nH]c2ccccc2c1CCNC(=NCc1nnc(C)n1C)NC1CCCCC1. The zero-order valence-corrected chi connectivity index (χ0v) is 18.3. The Balaban J connectivity index is 1.43. The molecule has 2 aromatic heterocycles. The summed E-state index contributed by atoms with van der Waals surface area (Å²) in [4.78, 5) is 8.32. The van der Waals surface area contributed by atoms with Gasteiger partial charge in [-0.2, -0.15) is 0 Å². The number of aromatic amines is 1. The Morgan fingerprint density at radius 3 is 2.73 bits per heavy atom. The number of guanidine groups is 1. The molecule has 1 aliphatic rings. The lowest BCUT2D eigenvalue weighted by molar-refractivity contribution is 0.410. The third-order valence-corrected chi connectivity index (χ3v) is 6.20. The molecule has 0 amide bonds. The zero-order valence-electron chi connectivity index (χ0n) is 18.3. The van der Waals surface area contributed by atoms with Crippen LogP contribution in [0.4, 0.5) is 0 Å². The van der Waals surface area contributed by atoms with E-state index in [1.165, 1.54) is 54.3 Å². The van der Waals surface area contributed by atoms with Crippen LogP contribution in [0.3, 0.4) is 0 Å². The molecule has 3 N–H and O–H groups in total. The summed E-state index contributed by atoms with van der Waals surface area (Å²) in [5, 5.41) is 16.9. The quantitative estimate of drug-likeness (QED) is 0.431. The maximum absolute atomic E-state index is 4.83. The van der Waals surface area contributed by atoms with Gasteiger partial charge in [-0.3, -0.25) is 0 Å². The second-order valence-corrected chi connectivity index (χ2v) is 8.32. The molecule has 7 nitrogen and oxygen atoms in total. The van der Waals surface area contributed by atoms with Crippen LogP contribution >= 0.6 is 0 Å². The van der Waals surface area contributed by atoms with Crippen molar-refractivity contribution in [1.82, 2.24) is 30.4 Å². The topological polar surface area (TPSA) is 82.9 Å². The first-order valence-corrected chi connectivity index (χ1v) is 11.1. The van der Waals surface area contributed by atoms with Crippen molar-refractivity contribution in [3.8, 4) is 0 Å². The Hall–Kier alpha value is -2.83. The molecule has 0 spiro atoms. The van der Waals surface area contributed by atoms with Crippen molar-refractivity contribution < 1.29 is 0 Å². The van der Waals surface area contributed by atoms with E-state index in [0.717, 1.165) is 30.6 Å². The predicted octanol–water partition coefficient (Wildman–Crippen LogP) is 3.52.